The smallest absolute Gasteiger partial charge is 0.306 e. The summed E-state index contributed by atoms with van der Waals surface area (Å²) in [7, 11) is 0. The Hall–Kier alpha value is -2.25. The number of aliphatic carboxylic acids is 1. The lowest BCUT2D eigenvalue weighted by Crippen LogP contribution is -2.35. The van der Waals surface area contributed by atoms with Crippen LogP contribution in [0.4, 0.5) is 5.69 Å². The molecule has 0 unspecified atom stereocenters. The fourth-order valence-electron chi connectivity index (χ4n) is 3.44. The number of piperidine rings is 1. The van der Waals surface area contributed by atoms with Crippen molar-refractivity contribution in [2.75, 3.05) is 18.4 Å². The first kappa shape index (κ1) is 19.5. The summed E-state index contributed by atoms with van der Waals surface area (Å²) in [6.07, 6.45) is 1.67. The van der Waals surface area contributed by atoms with Gasteiger partial charge in [-0.05, 0) is 57.5 Å². The second-order valence-corrected chi connectivity index (χ2v) is 8.46. The van der Waals surface area contributed by atoms with Crippen LogP contribution >= 0.6 is 11.3 Å². The Morgan fingerprint density at radius 3 is 2.67 bits per heavy atom. The van der Waals surface area contributed by atoms with Crippen molar-refractivity contribution in [1.29, 1.82) is 0 Å². The van der Waals surface area contributed by atoms with Crippen molar-refractivity contribution in [2.45, 2.75) is 39.7 Å². The van der Waals surface area contributed by atoms with E-state index < -0.39 is 5.97 Å². The van der Waals surface area contributed by atoms with E-state index in [0.717, 1.165) is 46.5 Å². The second kappa shape index (κ2) is 8.63. The van der Waals surface area contributed by atoms with Crippen molar-refractivity contribution < 1.29 is 14.7 Å². The molecule has 1 aliphatic rings. The van der Waals surface area contributed by atoms with Gasteiger partial charge in [0.25, 0.3) is 0 Å². The maximum absolute atomic E-state index is 12.3. The van der Waals surface area contributed by atoms with Gasteiger partial charge in [0.15, 0.2) is 0 Å². The molecule has 1 aliphatic heterocycles. The van der Waals surface area contributed by atoms with Gasteiger partial charge in [0, 0.05) is 17.1 Å². The van der Waals surface area contributed by atoms with E-state index in [1.165, 1.54) is 0 Å². The molecule has 0 spiro atoms. The first-order valence-corrected chi connectivity index (χ1v) is 9.99. The summed E-state index contributed by atoms with van der Waals surface area (Å²) in [4.78, 5) is 31.2. The first-order chi connectivity index (χ1) is 12.9. The van der Waals surface area contributed by atoms with Crippen LogP contribution in [-0.2, 0) is 22.6 Å². The molecule has 0 saturated carbocycles. The number of thiazole rings is 1. The van der Waals surface area contributed by atoms with Gasteiger partial charge in [-0.15, -0.1) is 11.3 Å². The molecular formula is C20H25N3O3S. The number of benzene rings is 1. The fraction of sp³-hybridized carbons (Fsp3) is 0.450. The van der Waals surface area contributed by atoms with Crippen molar-refractivity contribution in [3.8, 4) is 0 Å². The third-order valence-corrected chi connectivity index (χ3v) is 5.81. The third kappa shape index (κ3) is 5.37. The van der Waals surface area contributed by atoms with E-state index in [0.29, 0.717) is 12.8 Å². The SMILES string of the molecule is Cc1nc(CC(=O)Nc2cccc(CN3CCC(C(=O)O)CC3)c2)c(C)s1. The minimum Gasteiger partial charge on any atom is -0.481 e. The molecule has 144 valence electrons. The van der Waals surface area contributed by atoms with Gasteiger partial charge in [-0.2, -0.15) is 0 Å². The number of likely N-dealkylation sites (tertiary alicyclic amines) is 1. The van der Waals surface area contributed by atoms with Crippen LogP contribution in [0.15, 0.2) is 24.3 Å². The zero-order chi connectivity index (χ0) is 19.4. The molecule has 1 fully saturated rings. The van der Waals surface area contributed by atoms with E-state index in [1.54, 1.807) is 11.3 Å². The van der Waals surface area contributed by atoms with Gasteiger partial charge < -0.3 is 10.4 Å². The Kier molecular flexibility index (Phi) is 6.23. The average Bonchev–Trinajstić information content (AvgIpc) is 2.92. The molecule has 0 radical (unpaired) electrons. The summed E-state index contributed by atoms with van der Waals surface area (Å²) in [6.45, 7) is 6.27. The molecule has 0 atom stereocenters. The second-order valence-electron chi connectivity index (χ2n) is 7.05. The minimum atomic E-state index is -0.690. The summed E-state index contributed by atoms with van der Waals surface area (Å²) in [5.74, 6) is -0.975. The number of aromatic nitrogens is 1. The number of nitrogens with zero attached hydrogens (tertiary/aromatic N) is 2. The van der Waals surface area contributed by atoms with Gasteiger partial charge in [0.2, 0.25) is 5.91 Å². The van der Waals surface area contributed by atoms with Crippen molar-refractivity contribution in [3.05, 3.63) is 45.4 Å². The Bertz CT molecular complexity index is 826. The zero-order valence-corrected chi connectivity index (χ0v) is 16.5. The molecule has 1 amide bonds. The van der Waals surface area contributed by atoms with E-state index in [9.17, 15) is 9.59 Å². The van der Waals surface area contributed by atoms with Crippen LogP contribution in [0.1, 0.15) is 34.0 Å². The normalized spacial score (nSPS) is 15.6. The molecule has 1 saturated heterocycles. The molecule has 0 aliphatic carbocycles. The standard InChI is InChI=1S/C20H25N3O3S/c1-13-18(21-14(2)27-13)11-19(24)22-17-5-3-4-15(10-17)12-23-8-6-16(7-9-23)20(25)26/h3-5,10,16H,6-9,11-12H2,1-2H3,(H,22,24)(H,25,26). The largest absolute Gasteiger partial charge is 0.481 e. The number of hydrogen-bond donors (Lipinski definition) is 2. The molecule has 0 bridgehead atoms. The van der Waals surface area contributed by atoms with Gasteiger partial charge in [0.1, 0.15) is 0 Å². The van der Waals surface area contributed by atoms with Crippen LogP contribution < -0.4 is 5.32 Å². The number of nitrogens with one attached hydrogen (secondary N) is 1. The molecule has 2 heterocycles. The van der Waals surface area contributed by atoms with Gasteiger partial charge >= 0.3 is 5.97 Å². The Balaban J connectivity index is 1.55. The minimum absolute atomic E-state index is 0.0668. The van der Waals surface area contributed by atoms with E-state index in [1.807, 2.05) is 38.1 Å². The average molecular weight is 388 g/mol. The third-order valence-electron chi connectivity index (χ3n) is 4.88. The zero-order valence-electron chi connectivity index (χ0n) is 15.7. The number of carbonyl (C=O) groups is 2. The molecule has 2 N–H and O–H groups in total. The number of anilines is 1. The summed E-state index contributed by atoms with van der Waals surface area (Å²) in [6, 6.07) is 7.84. The lowest BCUT2D eigenvalue weighted by molar-refractivity contribution is -0.143. The predicted molar refractivity (Wildman–Crippen MR) is 106 cm³/mol. The Morgan fingerprint density at radius 2 is 2.04 bits per heavy atom. The van der Waals surface area contributed by atoms with Crippen LogP contribution in [0.25, 0.3) is 0 Å². The summed E-state index contributed by atoms with van der Waals surface area (Å²) in [5, 5.41) is 13.0. The molecule has 1 aromatic carbocycles. The molecular weight excluding hydrogens is 362 g/mol. The highest BCUT2D eigenvalue weighted by molar-refractivity contribution is 7.11. The lowest BCUT2D eigenvalue weighted by Gasteiger charge is -2.30. The van der Waals surface area contributed by atoms with Crippen LogP contribution in [0.3, 0.4) is 0 Å². The van der Waals surface area contributed by atoms with E-state index in [-0.39, 0.29) is 18.2 Å². The summed E-state index contributed by atoms with van der Waals surface area (Å²) in [5.41, 5.74) is 2.73. The maximum atomic E-state index is 12.3. The van der Waals surface area contributed by atoms with Crippen molar-refractivity contribution in [1.82, 2.24) is 9.88 Å². The van der Waals surface area contributed by atoms with Gasteiger partial charge in [0.05, 0.1) is 23.0 Å². The van der Waals surface area contributed by atoms with E-state index in [2.05, 4.69) is 15.2 Å². The number of rotatable bonds is 6. The van der Waals surface area contributed by atoms with Crippen LogP contribution in [0, 0.1) is 19.8 Å². The molecule has 3 rings (SSSR count). The number of hydrogen-bond acceptors (Lipinski definition) is 5. The molecule has 2 aromatic rings. The topological polar surface area (TPSA) is 82.5 Å². The maximum Gasteiger partial charge on any atom is 0.306 e. The van der Waals surface area contributed by atoms with Crippen LogP contribution in [0.5, 0.6) is 0 Å². The number of carboxylic acid groups (broad SMARTS) is 1. The van der Waals surface area contributed by atoms with Crippen molar-refractivity contribution >= 4 is 28.9 Å². The molecule has 6 nitrogen and oxygen atoms in total. The molecule has 7 heteroatoms. The highest BCUT2D eigenvalue weighted by atomic mass is 32.1. The predicted octanol–water partition coefficient (Wildman–Crippen LogP) is 3.24. The van der Waals surface area contributed by atoms with Crippen molar-refractivity contribution in [3.63, 3.8) is 0 Å². The fourth-order valence-corrected chi connectivity index (χ4v) is 4.27. The van der Waals surface area contributed by atoms with E-state index in [4.69, 9.17) is 5.11 Å². The van der Waals surface area contributed by atoms with Crippen LogP contribution in [0.2, 0.25) is 0 Å². The first-order valence-electron chi connectivity index (χ1n) is 9.17. The van der Waals surface area contributed by atoms with Gasteiger partial charge in [-0.1, -0.05) is 12.1 Å². The quantitative estimate of drug-likeness (QED) is 0.795. The molecule has 1 aromatic heterocycles. The lowest BCUT2D eigenvalue weighted by atomic mass is 9.97. The monoisotopic (exact) mass is 387 g/mol. The van der Waals surface area contributed by atoms with Gasteiger partial charge in [-0.3, -0.25) is 14.5 Å². The number of carbonyl (C=O) groups excluding carboxylic acids is 1. The highest BCUT2D eigenvalue weighted by Crippen LogP contribution is 2.21. The summed E-state index contributed by atoms with van der Waals surface area (Å²) >= 11 is 1.61. The molecule has 27 heavy (non-hydrogen) atoms. The number of aryl methyl sites for hydroxylation is 2. The number of amides is 1. The van der Waals surface area contributed by atoms with E-state index >= 15 is 0 Å². The highest BCUT2D eigenvalue weighted by Gasteiger charge is 2.24. The Morgan fingerprint density at radius 1 is 1.30 bits per heavy atom. The van der Waals surface area contributed by atoms with Crippen LogP contribution in [-0.4, -0.2) is 40.0 Å². The number of carboxylic acids is 1. The Labute approximate surface area is 163 Å². The van der Waals surface area contributed by atoms with Gasteiger partial charge in [-0.25, -0.2) is 4.98 Å². The summed E-state index contributed by atoms with van der Waals surface area (Å²) < 4.78 is 0. The van der Waals surface area contributed by atoms with Crippen molar-refractivity contribution in [2.24, 2.45) is 5.92 Å².